The molecular formula is C15H16F5N3O2. The van der Waals surface area contributed by atoms with Gasteiger partial charge in [0.15, 0.2) is 0 Å². The number of rotatable bonds is 7. The number of aliphatic hydroxyl groups is 1. The Morgan fingerprint density at radius 2 is 1.92 bits per heavy atom. The third-order valence-electron chi connectivity index (χ3n) is 3.71. The van der Waals surface area contributed by atoms with E-state index in [0.717, 1.165) is 42.5 Å². The number of aliphatic hydroxyl groups excluding tert-OH is 1. The number of halogens is 5. The molecule has 5 nitrogen and oxygen atoms in total. The van der Waals surface area contributed by atoms with Gasteiger partial charge in [0.1, 0.15) is 24.5 Å². The number of ether oxygens (including phenoxy) is 1. The average molecular weight is 365 g/mol. The van der Waals surface area contributed by atoms with Crippen LogP contribution in [0.25, 0.3) is 0 Å². The molecule has 0 spiro atoms. The normalized spacial score (nSPS) is 15.0. The Morgan fingerprint density at radius 1 is 1.24 bits per heavy atom. The standard InChI is InChI=1S/C15H16F5N3O2/c1-14(6-16,7-17)12(24)13(23-9-21-8-22-23)25-11-4-2-3-10(5-11)15(18,19)20/h2-5,8-9,12-13,24H,6-7H2,1H3. The van der Waals surface area contributed by atoms with E-state index in [-0.39, 0.29) is 5.75 Å². The molecule has 0 aliphatic heterocycles. The van der Waals surface area contributed by atoms with Crippen LogP contribution in [0.5, 0.6) is 5.75 Å². The monoisotopic (exact) mass is 365 g/mol. The molecule has 138 valence electrons. The molecule has 0 saturated carbocycles. The minimum atomic E-state index is -4.59. The fourth-order valence-corrected chi connectivity index (χ4v) is 2.04. The predicted molar refractivity (Wildman–Crippen MR) is 77.2 cm³/mol. The zero-order chi connectivity index (χ0) is 18.7. The number of aromatic nitrogens is 3. The minimum Gasteiger partial charge on any atom is -0.466 e. The van der Waals surface area contributed by atoms with Crippen LogP contribution >= 0.6 is 0 Å². The Labute approximate surface area is 140 Å². The number of benzene rings is 1. The van der Waals surface area contributed by atoms with Crippen LogP contribution in [0.3, 0.4) is 0 Å². The molecule has 1 N–H and O–H groups in total. The second-order valence-corrected chi connectivity index (χ2v) is 5.78. The fourth-order valence-electron chi connectivity index (χ4n) is 2.04. The highest BCUT2D eigenvalue weighted by molar-refractivity contribution is 5.30. The van der Waals surface area contributed by atoms with Crippen LogP contribution in [0.4, 0.5) is 22.0 Å². The van der Waals surface area contributed by atoms with Gasteiger partial charge in [-0.15, -0.1) is 0 Å². The van der Waals surface area contributed by atoms with Crippen LogP contribution < -0.4 is 4.74 Å². The molecule has 2 aromatic rings. The van der Waals surface area contributed by atoms with E-state index < -0.39 is 42.8 Å². The van der Waals surface area contributed by atoms with Crippen LogP contribution in [0.15, 0.2) is 36.9 Å². The van der Waals surface area contributed by atoms with Crippen molar-refractivity contribution in [1.82, 2.24) is 14.8 Å². The number of hydrogen-bond donors (Lipinski definition) is 1. The second kappa shape index (κ2) is 7.34. The predicted octanol–water partition coefficient (Wildman–Crippen LogP) is 3.18. The van der Waals surface area contributed by atoms with Gasteiger partial charge < -0.3 is 9.84 Å². The summed E-state index contributed by atoms with van der Waals surface area (Å²) >= 11 is 0. The van der Waals surface area contributed by atoms with Gasteiger partial charge in [-0.25, -0.2) is 9.67 Å². The quantitative estimate of drug-likeness (QED) is 0.766. The van der Waals surface area contributed by atoms with Crippen molar-refractivity contribution in [1.29, 1.82) is 0 Å². The third-order valence-corrected chi connectivity index (χ3v) is 3.71. The van der Waals surface area contributed by atoms with Crippen LogP contribution in [0.2, 0.25) is 0 Å². The third kappa shape index (κ3) is 4.25. The highest BCUT2D eigenvalue weighted by atomic mass is 19.4. The number of hydrogen-bond acceptors (Lipinski definition) is 4. The van der Waals surface area contributed by atoms with Crippen LogP contribution in [-0.4, -0.2) is 39.3 Å². The molecule has 1 heterocycles. The van der Waals surface area contributed by atoms with Crippen molar-refractivity contribution < 1.29 is 31.8 Å². The summed E-state index contributed by atoms with van der Waals surface area (Å²) < 4.78 is 71.2. The van der Waals surface area contributed by atoms with E-state index in [4.69, 9.17) is 4.74 Å². The largest absolute Gasteiger partial charge is 0.466 e. The van der Waals surface area contributed by atoms with Gasteiger partial charge in [-0.2, -0.15) is 18.3 Å². The molecule has 0 bridgehead atoms. The lowest BCUT2D eigenvalue weighted by molar-refractivity contribution is -0.138. The molecule has 10 heteroatoms. The van der Waals surface area contributed by atoms with E-state index in [1.54, 1.807) is 0 Å². The van der Waals surface area contributed by atoms with Gasteiger partial charge in [-0.3, -0.25) is 8.78 Å². The first-order valence-corrected chi connectivity index (χ1v) is 7.19. The zero-order valence-corrected chi connectivity index (χ0v) is 13.1. The maximum absolute atomic E-state index is 13.2. The maximum atomic E-state index is 13.2. The van der Waals surface area contributed by atoms with Gasteiger partial charge >= 0.3 is 6.18 Å². The van der Waals surface area contributed by atoms with Gasteiger partial charge in [0, 0.05) is 0 Å². The van der Waals surface area contributed by atoms with Crippen molar-refractivity contribution in [3.8, 4) is 5.75 Å². The molecule has 2 atom stereocenters. The average Bonchev–Trinajstić information content (AvgIpc) is 3.12. The first kappa shape index (κ1) is 19.1. The summed E-state index contributed by atoms with van der Waals surface area (Å²) in [5, 5.41) is 14.1. The van der Waals surface area contributed by atoms with Crippen molar-refractivity contribution in [3.63, 3.8) is 0 Å². The Morgan fingerprint density at radius 3 is 2.44 bits per heavy atom. The van der Waals surface area contributed by atoms with Crippen molar-refractivity contribution in [2.24, 2.45) is 5.41 Å². The lowest BCUT2D eigenvalue weighted by Crippen LogP contribution is -2.45. The molecule has 25 heavy (non-hydrogen) atoms. The van der Waals surface area contributed by atoms with E-state index in [0.29, 0.717) is 0 Å². The Balaban J connectivity index is 2.35. The van der Waals surface area contributed by atoms with E-state index >= 15 is 0 Å². The minimum absolute atomic E-state index is 0.241. The number of nitrogens with zero attached hydrogens (tertiary/aromatic N) is 3. The summed E-state index contributed by atoms with van der Waals surface area (Å²) in [6.07, 6.45) is -5.58. The van der Waals surface area contributed by atoms with Gasteiger partial charge in [0.2, 0.25) is 6.23 Å². The zero-order valence-electron chi connectivity index (χ0n) is 13.1. The fraction of sp³-hybridized carbons (Fsp3) is 0.467. The van der Waals surface area contributed by atoms with E-state index in [1.165, 1.54) is 6.07 Å². The lowest BCUT2D eigenvalue weighted by Gasteiger charge is -2.34. The molecule has 0 radical (unpaired) electrons. The molecule has 2 unspecified atom stereocenters. The Kier molecular flexibility index (Phi) is 5.61. The summed E-state index contributed by atoms with van der Waals surface area (Å²) in [6, 6.07) is 3.92. The van der Waals surface area contributed by atoms with Crippen molar-refractivity contribution >= 4 is 0 Å². The van der Waals surface area contributed by atoms with Gasteiger partial charge in [-0.1, -0.05) is 13.0 Å². The molecule has 1 aromatic carbocycles. The van der Waals surface area contributed by atoms with Crippen LogP contribution in [-0.2, 0) is 6.18 Å². The van der Waals surface area contributed by atoms with Crippen LogP contribution in [0, 0.1) is 5.41 Å². The molecule has 0 fully saturated rings. The SMILES string of the molecule is CC(CF)(CF)C(O)C(Oc1cccc(C(F)(F)F)c1)n1cncn1. The summed E-state index contributed by atoms with van der Waals surface area (Å²) in [5.41, 5.74) is -2.78. The lowest BCUT2D eigenvalue weighted by atomic mass is 9.86. The number of alkyl halides is 5. The molecule has 2 rings (SSSR count). The molecule has 0 amide bonds. The Bertz CT molecular complexity index is 674. The van der Waals surface area contributed by atoms with Crippen LogP contribution in [0.1, 0.15) is 18.7 Å². The highest BCUT2D eigenvalue weighted by Crippen LogP contribution is 2.35. The topological polar surface area (TPSA) is 60.2 Å². The molecule has 0 aliphatic rings. The maximum Gasteiger partial charge on any atom is 0.416 e. The summed E-state index contributed by atoms with van der Waals surface area (Å²) in [5.74, 6) is -0.241. The molecule has 1 aromatic heterocycles. The summed E-state index contributed by atoms with van der Waals surface area (Å²) in [4.78, 5) is 3.65. The summed E-state index contributed by atoms with van der Waals surface area (Å²) in [7, 11) is 0. The van der Waals surface area contributed by atoms with Crippen molar-refractivity contribution in [2.45, 2.75) is 25.4 Å². The molecule has 0 aliphatic carbocycles. The first-order valence-electron chi connectivity index (χ1n) is 7.19. The van der Waals surface area contributed by atoms with E-state index in [2.05, 4.69) is 10.1 Å². The smallest absolute Gasteiger partial charge is 0.416 e. The van der Waals surface area contributed by atoms with Gasteiger partial charge in [0.05, 0.1) is 24.3 Å². The highest BCUT2D eigenvalue weighted by Gasteiger charge is 2.42. The van der Waals surface area contributed by atoms with Gasteiger partial charge in [-0.05, 0) is 18.2 Å². The second-order valence-electron chi connectivity index (χ2n) is 5.78. The van der Waals surface area contributed by atoms with Gasteiger partial charge in [0.25, 0.3) is 0 Å². The van der Waals surface area contributed by atoms with Crippen molar-refractivity contribution in [2.75, 3.05) is 13.3 Å². The first-order chi connectivity index (χ1) is 11.7. The molecule has 0 saturated heterocycles. The van der Waals surface area contributed by atoms with Crippen molar-refractivity contribution in [3.05, 3.63) is 42.5 Å². The van der Waals surface area contributed by atoms with E-state index in [1.807, 2.05) is 0 Å². The molecular weight excluding hydrogens is 349 g/mol. The van der Waals surface area contributed by atoms with E-state index in [9.17, 15) is 27.1 Å². The Hall–Kier alpha value is -2.23. The summed E-state index contributed by atoms with van der Waals surface area (Å²) in [6.45, 7) is -1.26.